The predicted molar refractivity (Wildman–Crippen MR) is 101 cm³/mol. The van der Waals surface area contributed by atoms with Crippen molar-refractivity contribution in [2.75, 3.05) is 25.1 Å². The van der Waals surface area contributed by atoms with E-state index in [9.17, 15) is 10.1 Å². The number of esters is 1. The predicted octanol–water partition coefficient (Wildman–Crippen LogP) is 1.94. The second-order valence-electron chi connectivity index (χ2n) is 6.88. The zero-order valence-corrected chi connectivity index (χ0v) is 15.6. The van der Waals surface area contributed by atoms with Crippen molar-refractivity contribution in [2.24, 2.45) is 5.73 Å². The van der Waals surface area contributed by atoms with Crippen LogP contribution in [-0.4, -0.2) is 36.4 Å². The lowest BCUT2D eigenvalue weighted by molar-refractivity contribution is -0.139. The number of aromatic nitrogens is 2. The lowest BCUT2D eigenvalue weighted by atomic mass is 9.83. The molecule has 1 unspecified atom stereocenters. The number of fused-ring (bicyclic) bond motifs is 1. The zero-order valence-electron chi connectivity index (χ0n) is 15.6. The Morgan fingerprint density at radius 1 is 1.39 bits per heavy atom. The Bertz CT molecular complexity index is 965. The van der Waals surface area contributed by atoms with Crippen molar-refractivity contribution in [1.82, 2.24) is 10.2 Å². The Hall–Kier alpha value is -3.47. The van der Waals surface area contributed by atoms with E-state index in [1.165, 1.54) is 20.0 Å². The molecular weight excluding hydrogens is 358 g/mol. The normalized spacial score (nSPS) is 18.4. The van der Waals surface area contributed by atoms with Gasteiger partial charge in [0.05, 0.1) is 30.7 Å². The molecular formula is C20H21N5O3. The molecule has 2 aliphatic heterocycles. The Kier molecular flexibility index (Phi) is 4.65. The first-order valence-corrected chi connectivity index (χ1v) is 9.18. The summed E-state index contributed by atoms with van der Waals surface area (Å²) >= 11 is 0. The van der Waals surface area contributed by atoms with E-state index in [1.807, 2.05) is 12.1 Å². The molecule has 0 aliphatic carbocycles. The highest BCUT2D eigenvalue weighted by molar-refractivity contribution is 5.73. The van der Waals surface area contributed by atoms with Crippen molar-refractivity contribution in [3.05, 3.63) is 52.5 Å². The number of anilines is 1. The van der Waals surface area contributed by atoms with Crippen molar-refractivity contribution < 1.29 is 14.3 Å². The summed E-state index contributed by atoms with van der Waals surface area (Å²) in [5.41, 5.74) is 9.52. The Balaban J connectivity index is 1.75. The molecule has 1 atom stereocenters. The fourth-order valence-electron chi connectivity index (χ4n) is 3.85. The first-order chi connectivity index (χ1) is 13.6. The van der Waals surface area contributed by atoms with Gasteiger partial charge in [0.25, 0.3) is 0 Å². The van der Waals surface area contributed by atoms with E-state index >= 15 is 0 Å². The van der Waals surface area contributed by atoms with Gasteiger partial charge in [-0.2, -0.15) is 5.26 Å². The van der Waals surface area contributed by atoms with Gasteiger partial charge >= 0.3 is 5.97 Å². The summed E-state index contributed by atoms with van der Waals surface area (Å²) in [4.78, 5) is 14.1. The zero-order chi connectivity index (χ0) is 19.7. The van der Waals surface area contributed by atoms with Crippen LogP contribution in [0.3, 0.4) is 0 Å². The highest BCUT2D eigenvalue weighted by Crippen LogP contribution is 2.43. The summed E-state index contributed by atoms with van der Waals surface area (Å²) in [5, 5.41) is 16.7. The topological polar surface area (TPSA) is 117 Å². The van der Waals surface area contributed by atoms with Crippen LogP contribution in [-0.2, 0) is 16.0 Å². The fraction of sp³-hybridized carbons (Fsp3) is 0.350. The molecule has 1 saturated heterocycles. The van der Waals surface area contributed by atoms with Crippen molar-refractivity contribution in [2.45, 2.75) is 25.2 Å². The molecule has 3 N–H and O–H groups in total. The third-order valence-electron chi connectivity index (χ3n) is 5.26. The summed E-state index contributed by atoms with van der Waals surface area (Å²) in [6, 6.07) is 10.3. The summed E-state index contributed by atoms with van der Waals surface area (Å²) in [5.74, 6) is -0.556. The van der Waals surface area contributed by atoms with Crippen LogP contribution < -0.4 is 15.4 Å². The lowest BCUT2D eigenvalue weighted by Crippen LogP contribution is -2.22. The van der Waals surface area contributed by atoms with Gasteiger partial charge in [0, 0.05) is 18.8 Å². The quantitative estimate of drug-likeness (QED) is 0.780. The highest BCUT2D eigenvalue weighted by atomic mass is 16.5. The van der Waals surface area contributed by atoms with Crippen LogP contribution in [0.5, 0.6) is 5.88 Å². The number of ether oxygens (including phenoxy) is 2. The largest absolute Gasteiger partial charge is 0.469 e. The molecule has 2 aliphatic rings. The number of carbonyl (C=O) groups is 1. The van der Waals surface area contributed by atoms with Gasteiger partial charge in [0.2, 0.25) is 11.8 Å². The molecule has 3 heterocycles. The second kappa shape index (κ2) is 7.27. The summed E-state index contributed by atoms with van der Waals surface area (Å²) in [6.07, 6.45) is 2.41. The van der Waals surface area contributed by atoms with Crippen LogP contribution in [0.1, 0.15) is 35.6 Å². The molecule has 8 heteroatoms. The summed E-state index contributed by atoms with van der Waals surface area (Å²) in [7, 11) is 1.33. The van der Waals surface area contributed by atoms with E-state index < -0.39 is 11.9 Å². The number of carbonyl (C=O) groups excluding carboxylic acids is 1. The number of nitrogens with one attached hydrogen (secondary N) is 1. The monoisotopic (exact) mass is 379 g/mol. The second-order valence-corrected chi connectivity index (χ2v) is 6.88. The number of hydrogen-bond donors (Lipinski definition) is 2. The van der Waals surface area contributed by atoms with Gasteiger partial charge in [-0.15, -0.1) is 5.10 Å². The highest BCUT2D eigenvalue weighted by Gasteiger charge is 2.35. The van der Waals surface area contributed by atoms with Gasteiger partial charge in [-0.1, -0.05) is 12.1 Å². The van der Waals surface area contributed by atoms with Gasteiger partial charge in [-0.25, -0.2) is 0 Å². The molecule has 28 heavy (non-hydrogen) atoms. The van der Waals surface area contributed by atoms with Crippen LogP contribution in [0.4, 0.5) is 5.69 Å². The van der Waals surface area contributed by atoms with Gasteiger partial charge in [0.15, 0.2) is 0 Å². The molecule has 1 aromatic carbocycles. The van der Waals surface area contributed by atoms with Crippen molar-refractivity contribution in [1.29, 1.82) is 5.26 Å². The molecule has 0 radical (unpaired) electrons. The SMILES string of the molecule is COC(=O)Cc1[nH]nc2c1C(c1ccc(N3CCCC3)cc1)C(C#N)=C(N)O2. The Morgan fingerprint density at radius 3 is 2.75 bits per heavy atom. The number of allylic oxidation sites excluding steroid dienone is 1. The first kappa shape index (κ1) is 17.9. The van der Waals surface area contributed by atoms with Crippen LogP contribution in [0, 0.1) is 11.3 Å². The maximum absolute atomic E-state index is 11.8. The molecule has 0 amide bonds. The number of nitriles is 1. The molecule has 0 saturated carbocycles. The summed E-state index contributed by atoms with van der Waals surface area (Å²) < 4.78 is 10.3. The van der Waals surface area contributed by atoms with Gasteiger partial charge in [-0.3, -0.25) is 9.89 Å². The minimum Gasteiger partial charge on any atom is -0.469 e. The number of rotatable bonds is 4. The average Bonchev–Trinajstić information content (AvgIpc) is 3.37. The third-order valence-corrected chi connectivity index (χ3v) is 5.26. The molecule has 4 rings (SSSR count). The molecule has 2 aromatic rings. The molecule has 0 bridgehead atoms. The number of methoxy groups -OCH3 is 1. The van der Waals surface area contributed by atoms with E-state index in [1.54, 1.807) is 0 Å². The van der Waals surface area contributed by atoms with E-state index in [2.05, 4.69) is 33.3 Å². The molecule has 0 spiro atoms. The lowest BCUT2D eigenvalue weighted by Gasteiger charge is -2.25. The number of benzene rings is 1. The average molecular weight is 379 g/mol. The first-order valence-electron chi connectivity index (χ1n) is 9.18. The Labute approximate surface area is 162 Å². The maximum atomic E-state index is 11.8. The number of H-pyrrole nitrogens is 1. The van der Waals surface area contributed by atoms with Gasteiger partial charge in [-0.05, 0) is 30.5 Å². The van der Waals surface area contributed by atoms with Crippen molar-refractivity contribution in [3.63, 3.8) is 0 Å². The molecule has 1 aromatic heterocycles. The van der Waals surface area contributed by atoms with Crippen LogP contribution in [0.15, 0.2) is 35.7 Å². The van der Waals surface area contributed by atoms with Crippen molar-refractivity contribution >= 4 is 11.7 Å². The van der Waals surface area contributed by atoms with E-state index in [-0.39, 0.29) is 18.2 Å². The van der Waals surface area contributed by atoms with Crippen molar-refractivity contribution in [3.8, 4) is 11.9 Å². The third kappa shape index (κ3) is 3.05. The van der Waals surface area contributed by atoms with Gasteiger partial charge in [0.1, 0.15) is 11.6 Å². The molecule has 1 fully saturated rings. The maximum Gasteiger partial charge on any atom is 0.311 e. The molecule has 144 valence electrons. The minimum absolute atomic E-state index is 0.00314. The number of nitrogens with zero attached hydrogens (tertiary/aromatic N) is 3. The van der Waals surface area contributed by atoms with Crippen LogP contribution in [0.25, 0.3) is 0 Å². The van der Waals surface area contributed by atoms with Crippen LogP contribution >= 0.6 is 0 Å². The van der Waals surface area contributed by atoms with Gasteiger partial charge < -0.3 is 20.1 Å². The van der Waals surface area contributed by atoms with E-state index in [0.29, 0.717) is 16.8 Å². The fourth-order valence-corrected chi connectivity index (χ4v) is 3.85. The minimum atomic E-state index is -0.459. The number of hydrogen-bond acceptors (Lipinski definition) is 7. The standard InChI is InChI=1S/C20H21N5O3/c1-27-16(26)10-15-18-17(14(11-21)19(22)28-20(18)24-23-15)12-4-6-13(7-5-12)25-8-2-3-9-25/h4-7,17H,2-3,8-10,22H2,1H3,(H,23,24). The summed E-state index contributed by atoms with van der Waals surface area (Å²) in [6.45, 7) is 2.12. The van der Waals surface area contributed by atoms with E-state index in [0.717, 1.165) is 24.3 Å². The van der Waals surface area contributed by atoms with Crippen LogP contribution in [0.2, 0.25) is 0 Å². The smallest absolute Gasteiger partial charge is 0.311 e. The number of nitrogens with two attached hydrogens (primary N) is 1. The number of aromatic amines is 1. The van der Waals surface area contributed by atoms with E-state index in [4.69, 9.17) is 15.2 Å². The molecule has 8 nitrogen and oxygen atoms in total. The Morgan fingerprint density at radius 2 is 2.11 bits per heavy atom.